The third kappa shape index (κ3) is 6.54. The molecule has 6 heteroatoms. The quantitative estimate of drug-likeness (QED) is 0.795. The summed E-state index contributed by atoms with van der Waals surface area (Å²) in [5.41, 5.74) is -0.221. The van der Waals surface area contributed by atoms with E-state index < -0.39 is 11.4 Å². The molecule has 0 aliphatic heterocycles. The van der Waals surface area contributed by atoms with Crippen molar-refractivity contribution in [3.05, 3.63) is 29.8 Å². The molecule has 0 saturated heterocycles. The lowest BCUT2D eigenvalue weighted by molar-refractivity contribution is -0.122. The predicted molar refractivity (Wildman–Crippen MR) is 74.5 cm³/mol. The smallest absolute Gasteiger partial charge is 0.220 e. The van der Waals surface area contributed by atoms with Gasteiger partial charge in [0.2, 0.25) is 5.91 Å². The molecule has 1 heterocycles. The molecule has 1 rings (SSSR count). The lowest BCUT2D eigenvalue weighted by atomic mass is 10.1. The molecule has 0 aliphatic rings. The fourth-order valence-electron chi connectivity index (χ4n) is 1.59. The van der Waals surface area contributed by atoms with Crippen LogP contribution in [-0.2, 0) is 11.2 Å². The van der Waals surface area contributed by atoms with Crippen molar-refractivity contribution in [3.8, 4) is 0 Å². The van der Waals surface area contributed by atoms with Crippen LogP contribution in [0.1, 0.15) is 18.9 Å². The molecule has 4 nitrogen and oxygen atoms in total. The van der Waals surface area contributed by atoms with Crippen molar-refractivity contribution >= 4 is 17.7 Å². The van der Waals surface area contributed by atoms with Crippen molar-refractivity contribution in [2.45, 2.75) is 25.4 Å². The Kier molecular flexibility index (Phi) is 6.24. The fourth-order valence-corrected chi connectivity index (χ4v) is 2.31. The molecule has 0 spiro atoms. The number of amides is 1. The van der Waals surface area contributed by atoms with E-state index in [0.29, 0.717) is 17.7 Å². The van der Waals surface area contributed by atoms with E-state index in [-0.39, 0.29) is 18.9 Å². The molecule has 1 aromatic rings. The summed E-state index contributed by atoms with van der Waals surface area (Å²) in [6, 6.07) is 1.37. The average Bonchev–Trinajstić information content (AvgIpc) is 2.34. The van der Waals surface area contributed by atoms with Crippen LogP contribution in [0.25, 0.3) is 0 Å². The number of aryl methyl sites for hydroxylation is 1. The van der Waals surface area contributed by atoms with E-state index in [1.54, 1.807) is 13.1 Å². The zero-order chi connectivity index (χ0) is 14.3. The molecular formula is C13H19FN2O2S. The van der Waals surface area contributed by atoms with Crippen LogP contribution in [0.4, 0.5) is 4.39 Å². The van der Waals surface area contributed by atoms with Gasteiger partial charge < -0.3 is 10.4 Å². The molecule has 19 heavy (non-hydrogen) atoms. The summed E-state index contributed by atoms with van der Waals surface area (Å²) < 4.78 is 12.9. The topological polar surface area (TPSA) is 62.2 Å². The molecule has 1 unspecified atom stereocenters. The first-order valence-corrected chi connectivity index (χ1v) is 7.40. The highest BCUT2D eigenvalue weighted by atomic mass is 32.2. The maximum atomic E-state index is 12.9. The second kappa shape index (κ2) is 7.45. The Morgan fingerprint density at radius 2 is 2.32 bits per heavy atom. The monoisotopic (exact) mass is 286 g/mol. The Balaban J connectivity index is 2.32. The SMILES string of the molecule is CSCC(C)(O)CNC(=O)CCc1cncc(F)c1. The maximum absolute atomic E-state index is 12.9. The number of nitrogens with one attached hydrogen (secondary N) is 1. The number of thioether (sulfide) groups is 1. The second-order valence-electron chi connectivity index (χ2n) is 4.72. The lowest BCUT2D eigenvalue weighted by Crippen LogP contribution is -2.42. The predicted octanol–water partition coefficient (Wildman–Crippen LogP) is 1.38. The van der Waals surface area contributed by atoms with Crippen LogP contribution in [0.5, 0.6) is 0 Å². The largest absolute Gasteiger partial charge is 0.387 e. The van der Waals surface area contributed by atoms with Crippen LogP contribution in [0.15, 0.2) is 18.5 Å². The summed E-state index contributed by atoms with van der Waals surface area (Å²) in [6.07, 6.45) is 5.25. The van der Waals surface area contributed by atoms with Gasteiger partial charge in [-0.25, -0.2) is 4.39 Å². The number of hydrogen-bond donors (Lipinski definition) is 2. The van der Waals surface area contributed by atoms with Gasteiger partial charge in [-0.15, -0.1) is 0 Å². The van der Waals surface area contributed by atoms with Crippen LogP contribution in [0, 0.1) is 5.82 Å². The summed E-state index contributed by atoms with van der Waals surface area (Å²) in [5.74, 6) is -0.00683. The summed E-state index contributed by atoms with van der Waals surface area (Å²) in [4.78, 5) is 15.3. The normalized spacial score (nSPS) is 13.9. The maximum Gasteiger partial charge on any atom is 0.220 e. The van der Waals surface area contributed by atoms with Gasteiger partial charge >= 0.3 is 0 Å². The Labute approximate surface area is 116 Å². The molecule has 0 saturated carbocycles. The van der Waals surface area contributed by atoms with Crippen molar-refractivity contribution in [2.24, 2.45) is 0 Å². The van der Waals surface area contributed by atoms with Crippen LogP contribution in [-0.4, -0.2) is 40.2 Å². The third-order valence-electron chi connectivity index (χ3n) is 2.52. The molecule has 1 aromatic heterocycles. The van der Waals surface area contributed by atoms with Crippen molar-refractivity contribution in [3.63, 3.8) is 0 Å². The van der Waals surface area contributed by atoms with Crippen LogP contribution in [0.3, 0.4) is 0 Å². The molecule has 0 aliphatic carbocycles. The number of hydrogen-bond acceptors (Lipinski definition) is 4. The number of nitrogens with zero attached hydrogens (tertiary/aromatic N) is 1. The summed E-state index contributed by atoms with van der Waals surface area (Å²) >= 11 is 1.52. The summed E-state index contributed by atoms with van der Waals surface area (Å²) in [6.45, 7) is 1.90. The summed E-state index contributed by atoms with van der Waals surface area (Å²) in [5, 5.41) is 12.6. The van der Waals surface area contributed by atoms with Gasteiger partial charge in [0, 0.05) is 24.9 Å². The van der Waals surface area contributed by atoms with E-state index in [2.05, 4.69) is 10.3 Å². The van der Waals surface area contributed by atoms with Gasteiger partial charge in [0.25, 0.3) is 0 Å². The first kappa shape index (κ1) is 15.9. The number of aliphatic hydroxyl groups is 1. The molecular weight excluding hydrogens is 267 g/mol. The lowest BCUT2D eigenvalue weighted by Gasteiger charge is -2.22. The summed E-state index contributed by atoms with van der Waals surface area (Å²) in [7, 11) is 0. The molecule has 0 radical (unpaired) electrons. The van der Waals surface area contributed by atoms with Crippen LogP contribution >= 0.6 is 11.8 Å². The Hall–Kier alpha value is -1.14. The van der Waals surface area contributed by atoms with Gasteiger partial charge in [0.05, 0.1) is 11.8 Å². The minimum absolute atomic E-state index is 0.161. The Morgan fingerprint density at radius 3 is 2.95 bits per heavy atom. The number of pyridine rings is 1. The molecule has 1 atom stereocenters. The van der Waals surface area contributed by atoms with Crippen LogP contribution in [0.2, 0.25) is 0 Å². The van der Waals surface area contributed by atoms with E-state index in [1.165, 1.54) is 17.8 Å². The van der Waals surface area contributed by atoms with Crippen molar-refractivity contribution in [1.82, 2.24) is 10.3 Å². The Morgan fingerprint density at radius 1 is 1.58 bits per heavy atom. The number of carbonyl (C=O) groups excluding carboxylic acids is 1. The van der Waals surface area contributed by atoms with Gasteiger partial charge in [0.1, 0.15) is 5.82 Å². The first-order chi connectivity index (χ1) is 8.93. The average molecular weight is 286 g/mol. The third-order valence-corrected chi connectivity index (χ3v) is 3.43. The van der Waals surface area contributed by atoms with E-state index in [1.807, 2.05) is 6.26 Å². The van der Waals surface area contributed by atoms with Gasteiger partial charge in [-0.05, 0) is 31.2 Å². The number of halogens is 1. The number of aromatic nitrogens is 1. The minimum Gasteiger partial charge on any atom is -0.387 e. The highest BCUT2D eigenvalue weighted by molar-refractivity contribution is 7.98. The fraction of sp³-hybridized carbons (Fsp3) is 0.538. The van der Waals surface area contributed by atoms with Crippen molar-refractivity contribution in [1.29, 1.82) is 0 Å². The second-order valence-corrected chi connectivity index (χ2v) is 5.58. The standard InChI is InChI=1S/C13H19FN2O2S/c1-13(18,9-19-2)8-16-12(17)4-3-10-5-11(14)7-15-6-10/h5-7,18H,3-4,8-9H2,1-2H3,(H,16,17). The molecule has 106 valence electrons. The zero-order valence-corrected chi connectivity index (χ0v) is 12.0. The van der Waals surface area contributed by atoms with Gasteiger partial charge in [-0.2, -0.15) is 11.8 Å². The first-order valence-electron chi connectivity index (χ1n) is 6.00. The van der Waals surface area contributed by atoms with Gasteiger partial charge in [0.15, 0.2) is 0 Å². The van der Waals surface area contributed by atoms with E-state index in [9.17, 15) is 14.3 Å². The van der Waals surface area contributed by atoms with E-state index in [0.717, 1.165) is 6.20 Å². The highest BCUT2D eigenvalue weighted by Crippen LogP contribution is 2.09. The molecule has 2 N–H and O–H groups in total. The highest BCUT2D eigenvalue weighted by Gasteiger charge is 2.20. The molecule has 0 fully saturated rings. The Bertz CT molecular complexity index is 427. The molecule has 0 aromatic carbocycles. The van der Waals surface area contributed by atoms with Gasteiger partial charge in [-0.1, -0.05) is 0 Å². The number of rotatable bonds is 7. The van der Waals surface area contributed by atoms with E-state index in [4.69, 9.17) is 0 Å². The molecule has 1 amide bonds. The number of carbonyl (C=O) groups is 1. The van der Waals surface area contributed by atoms with Gasteiger partial charge in [-0.3, -0.25) is 9.78 Å². The minimum atomic E-state index is -0.907. The van der Waals surface area contributed by atoms with Crippen molar-refractivity contribution < 1.29 is 14.3 Å². The molecule has 0 bridgehead atoms. The van der Waals surface area contributed by atoms with Crippen molar-refractivity contribution in [2.75, 3.05) is 18.6 Å². The van der Waals surface area contributed by atoms with E-state index >= 15 is 0 Å². The van der Waals surface area contributed by atoms with Crippen LogP contribution < -0.4 is 5.32 Å². The zero-order valence-electron chi connectivity index (χ0n) is 11.1.